The third-order valence-corrected chi connectivity index (χ3v) is 8.75. The number of nitrogens with zero attached hydrogens (tertiary/aromatic N) is 2. The van der Waals surface area contributed by atoms with Crippen LogP contribution in [0.25, 0.3) is 43.1 Å². The molecule has 0 aromatic heterocycles. The van der Waals surface area contributed by atoms with Crippen molar-refractivity contribution in [1.82, 2.24) is 9.80 Å². The summed E-state index contributed by atoms with van der Waals surface area (Å²) >= 11 is 7.14. The van der Waals surface area contributed by atoms with Crippen LogP contribution in [-0.2, 0) is 9.59 Å². The molecule has 2 N–H and O–H groups in total. The molecule has 0 radical (unpaired) electrons. The maximum Gasteiger partial charge on any atom is 0.323 e. The van der Waals surface area contributed by atoms with E-state index in [1.807, 2.05) is 0 Å². The van der Waals surface area contributed by atoms with Gasteiger partial charge in [-0.05, 0) is 35.0 Å². The molecule has 10 nitrogen and oxygen atoms in total. The quantitative estimate of drug-likeness (QED) is 0.161. The molecule has 4 amide bonds. The van der Waals surface area contributed by atoms with Gasteiger partial charge in [0.1, 0.15) is 13.1 Å². The second-order valence-electron chi connectivity index (χ2n) is 9.56. The lowest BCUT2D eigenvalue weighted by atomic mass is 9.82. The Kier molecular flexibility index (Phi) is 4.96. The lowest BCUT2D eigenvalue weighted by molar-refractivity contribution is -0.138. The first-order valence-corrected chi connectivity index (χ1v) is 13.3. The number of halogens is 2. The third kappa shape index (κ3) is 2.97. The smallest absolute Gasteiger partial charge is 0.323 e. The summed E-state index contributed by atoms with van der Waals surface area (Å²) in [7, 11) is 0. The number of hydrogen-bond donors (Lipinski definition) is 2. The topological polar surface area (TPSA) is 149 Å². The van der Waals surface area contributed by atoms with Gasteiger partial charge in [0.15, 0.2) is 0 Å². The normalized spacial score (nSPS) is 14.9. The lowest BCUT2D eigenvalue weighted by Crippen LogP contribution is -2.43. The highest BCUT2D eigenvalue weighted by Gasteiger charge is 2.39. The molecule has 0 fully saturated rings. The molecule has 0 bridgehead atoms. The van der Waals surface area contributed by atoms with E-state index in [0.29, 0.717) is 61.8 Å². The molecule has 2 aliphatic heterocycles. The number of carbonyl (C=O) groups is 6. The van der Waals surface area contributed by atoms with E-state index >= 15 is 0 Å². The van der Waals surface area contributed by atoms with Crippen LogP contribution in [0.1, 0.15) is 41.4 Å². The maximum atomic E-state index is 13.3. The molecule has 2 heterocycles. The number of rotatable bonds is 4. The van der Waals surface area contributed by atoms with E-state index in [2.05, 4.69) is 31.9 Å². The van der Waals surface area contributed by atoms with Crippen molar-refractivity contribution >= 4 is 111 Å². The van der Waals surface area contributed by atoms with Gasteiger partial charge in [0.25, 0.3) is 23.6 Å². The summed E-state index contributed by atoms with van der Waals surface area (Å²) in [4.78, 5) is 77.4. The van der Waals surface area contributed by atoms with Crippen LogP contribution in [0.3, 0.4) is 0 Å². The molecule has 0 unspecified atom stereocenters. The van der Waals surface area contributed by atoms with Crippen molar-refractivity contribution in [3.63, 3.8) is 0 Å². The number of imide groups is 2. The van der Waals surface area contributed by atoms with Crippen molar-refractivity contribution in [3.8, 4) is 0 Å². The van der Waals surface area contributed by atoms with Crippen molar-refractivity contribution in [3.05, 3.63) is 67.6 Å². The van der Waals surface area contributed by atoms with E-state index in [-0.39, 0.29) is 22.3 Å². The van der Waals surface area contributed by atoms with E-state index < -0.39 is 48.7 Å². The number of carboxylic acids is 2. The Bertz CT molecular complexity index is 1990. The molecule has 40 heavy (non-hydrogen) atoms. The molecule has 0 saturated heterocycles. The van der Waals surface area contributed by atoms with Gasteiger partial charge in [-0.2, -0.15) is 0 Å². The Labute approximate surface area is 239 Å². The summed E-state index contributed by atoms with van der Waals surface area (Å²) in [5.74, 6) is -5.53. The Morgan fingerprint density at radius 2 is 0.900 bits per heavy atom. The third-order valence-electron chi connectivity index (χ3n) is 7.50. The number of aliphatic carboxylic acids is 2. The number of benzene rings is 5. The van der Waals surface area contributed by atoms with Crippen molar-refractivity contribution in [2.75, 3.05) is 13.1 Å². The summed E-state index contributed by atoms with van der Waals surface area (Å²) in [6.45, 7) is -1.56. The summed E-state index contributed by atoms with van der Waals surface area (Å²) in [5.41, 5.74) is 0.706. The number of hydrogen-bond acceptors (Lipinski definition) is 6. The highest BCUT2D eigenvalue weighted by atomic mass is 79.9. The first kappa shape index (κ1) is 24.6. The first-order chi connectivity index (χ1) is 19.0. The largest absolute Gasteiger partial charge is 0.480 e. The molecule has 0 saturated carbocycles. The van der Waals surface area contributed by atoms with Gasteiger partial charge >= 0.3 is 11.9 Å². The molecule has 0 aliphatic carbocycles. The number of carbonyl (C=O) groups excluding carboxylic acids is 4. The predicted molar refractivity (Wildman–Crippen MR) is 149 cm³/mol. The van der Waals surface area contributed by atoms with Crippen LogP contribution >= 0.6 is 31.9 Å². The first-order valence-electron chi connectivity index (χ1n) is 11.8. The van der Waals surface area contributed by atoms with Crippen LogP contribution in [0.2, 0.25) is 0 Å². The highest BCUT2D eigenvalue weighted by Crippen LogP contribution is 2.50. The highest BCUT2D eigenvalue weighted by molar-refractivity contribution is 9.11. The second kappa shape index (κ2) is 8.05. The Balaban J connectivity index is 1.65. The minimum atomic E-state index is -1.32. The fraction of sp³-hybridized carbons (Fsp3) is 0.0714. The van der Waals surface area contributed by atoms with Crippen molar-refractivity contribution in [1.29, 1.82) is 0 Å². The van der Waals surface area contributed by atoms with Crippen LogP contribution in [-0.4, -0.2) is 68.7 Å². The average Bonchev–Trinajstić information content (AvgIpc) is 2.90. The molecule has 2 aliphatic rings. The minimum absolute atomic E-state index is 0.170. The Morgan fingerprint density at radius 3 is 1.25 bits per heavy atom. The Hall–Kier alpha value is -4.42. The lowest BCUT2D eigenvalue weighted by Gasteiger charge is -2.30. The number of amides is 4. The minimum Gasteiger partial charge on any atom is -0.480 e. The monoisotopic (exact) mass is 662 g/mol. The SMILES string of the molecule is O=C(O)CN1C(=O)c2ccc3c4c(Br)cc5c6c(ccc(c7c(Br)cc(c2c37)C1=O)c64)C(=O)N(CC(=O)O)C5=O. The predicted octanol–water partition coefficient (Wildman–Crippen LogP) is 4.62. The van der Waals surface area contributed by atoms with Gasteiger partial charge in [0, 0.05) is 63.5 Å². The van der Waals surface area contributed by atoms with E-state index in [9.17, 15) is 39.0 Å². The number of carboxylic acid groups (broad SMARTS) is 2. The molecule has 12 heteroatoms. The number of fused-ring (bicyclic) bond motifs is 2. The van der Waals surface area contributed by atoms with E-state index in [1.165, 1.54) is 0 Å². The van der Waals surface area contributed by atoms with Crippen molar-refractivity contribution in [2.45, 2.75) is 0 Å². The van der Waals surface area contributed by atoms with Gasteiger partial charge in [-0.15, -0.1) is 0 Å². The zero-order valence-corrected chi connectivity index (χ0v) is 23.0. The van der Waals surface area contributed by atoms with Gasteiger partial charge in [-0.25, -0.2) is 0 Å². The Morgan fingerprint density at radius 1 is 0.550 bits per heavy atom. The van der Waals surface area contributed by atoms with Crippen LogP contribution < -0.4 is 0 Å². The van der Waals surface area contributed by atoms with E-state index in [0.717, 1.165) is 0 Å². The molecular formula is C28H12Br2N2O8. The molecular weight excluding hydrogens is 652 g/mol. The second-order valence-corrected chi connectivity index (χ2v) is 11.3. The maximum absolute atomic E-state index is 13.3. The van der Waals surface area contributed by atoms with E-state index in [4.69, 9.17) is 0 Å². The molecule has 0 atom stereocenters. The zero-order valence-electron chi connectivity index (χ0n) is 19.9. The molecule has 5 aromatic rings. The fourth-order valence-corrected chi connectivity index (χ4v) is 7.31. The van der Waals surface area contributed by atoms with Gasteiger partial charge in [-0.1, -0.05) is 44.0 Å². The van der Waals surface area contributed by atoms with Gasteiger partial charge in [0.2, 0.25) is 0 Å². The summed E-state index contributed by atoms with van der Waals surface area (Å²) in [6.07, 6.45) is 0. The van der Waals surface area contributed by atoms with Gasteiger partial charge in [0.05, 0.1) is 0 Å². The van der Waals surface area contributed by atoms with Crippen molar-refractivity contribution in [2.24, 2.45) is 0 Å². The van der Waals surface area contributed by atoms with Crippen LogP contribution in [0, 0.1) is 0 Å². The zero-order chi connectivity index (χ0) is 28.4. The van der Waals surface area contributed by atoms with E-state index in [1.54, 1.807) is 36.4 Å². The van der Waals surface area contributed by atoms with Crippen LogP contribution in [0.5, 0.6) is 0 Å². The molecule has 196 valence electrons. The molecule has 0 spiro atoms. The summed E-state index contributed by atoms with van der Waals surface area (Å²) < 4.78 is 0.990. The molecule has 7 rings (SSSR count). The van der Waals surface area contributed by atoms with Crippen LogP contribution in [0.4, 0.5) is 0 Å². The standard InChI is InChI=1S/C28H12Br2N2O8/c29-15-5-14-20-12(26(38)32(28(14)40)8-18(35)36)4-2-10-22-16(30)6-13-19-11(25(37)31(27(13)39)7-17(33)34)3-1-9(23(19)22)21(15)24(10)20/h1-6H,7-8H2,(H,33,34)(H,35,36). The fourth-order valence-electron chi connectivity index (χ4n) is 6.03. The molecule has 5 aromatic carbocycles. The van der Waals surface area contributed by atoms with Gasteiger partial charge < -0.3 is 10.2 Å². The summed E-state index contributed by atoms with van der Waals surface area (Å²) in [5, 5.41) is 23.1. The van der Waals surface area contributed by atoms with Crippen molar-refractivity contribution < 1.29 is 39.0 Å². The summed E-state index contributed by atoms with van der Waals surface area (Å²) in [6, 6.07) is 9.58. The average molecular weight is 664 g/mol. The van der Waals surface area contributed by atoms with Crippen LogP contribution in [0.15, 0.2) is 45.3 Å². The van der Waals surface area contributed by atoms with Gasteiger partial charge in [-0.3, -0.25) is 38.6 Å².